The number of carbonyl (C=O) groups excluding carboxylic acids is 1. The van der Waals surface area contributed by atoms with Crippen LogP contribution < -0.4 is 9.64 Å². The predicted molar refractivity (Wildman–Crippen MR) is 79.2 cm³/mol. The van der Waals surface area contributed by atoms with Crippen molar-refractivity contribution in [2.45, 2.75) is 5.92 Å². The van der Waals surface area contributed by atoms with Crippen molar-refractivity contribution in [2.24, 2.45) is 0 Å². The van der Waals surface area contributed by atoms with Crippen molar-refractivity contribution in [3.8, 4) is 11.8 Å². The number of benzene rings is 2. The number of hydrogen-bond donors (Lipinski definition) is 0. The molecule has 1 unspecified atom stereocenters. The Morgan fingerprint density at radius 1 is 1.24 bits per heavy atom. The molecule has 3 rings (SSSR count). The summed E-state index contributed by atoms with van der Waals surface area (Å²) in [6.45, 7) is 0.344. The number of carbonyl (C=O) groups is 1. The molecule has 4 heteroatoms. The summed E-state index contributed by atoms with van der Waals surface area (Å²) in [6, 6.07) is 16.8. The zero-order chi connectivity index (χ0) is 14.8. The lowest BCUT2D eigenvalue weighted by Crippen LogP contribution is -2.32. The molecule has 0 radical (unpaired) electrons. The molecule has 0 spiro atoms. The molecule has 4 nitrogen and oxygen atoms in total. The summed E-state index contributed by atoms with van der Waals surface area (Å²) in [4.78, 5) is 14.2. The van der Waals surface area contributed by atoms with Crippen molar-refractivity contribution >= 4 is 11.6 Å². The van der Waals surface area contributed by atoms with Gasteiger partial charge in [-0.1, -0.05) is 30.3 Å². The number of likely N-dealkylation sites (N-methyl/N-ethyl adjacent to an activating group) is 1. The third-order valence-corrected chi connectivity index (χ3v) is 3.71. The molecule has 1 heterocycles. The van der Waals surface area contributed by atoms with Crippen LogP contribution in [0.2, 0.25) is 0 Å². The summed E-state index contributed by atoms with van der Waals surface area (Å²) in [5, 5.41) is 9.16. The van der Waals surface area contributed by atoms with Crippen LogP contribution in [0.5, 0.6) is 5.75 Å². The van der Waals surface area contributed by atoms with E-state index in [2.05, 4.69) is 6.07 Å². The van der Waals surface area contributed by atoms with E-state index in [9.17, 15) is 4.79 Å². The number of rotatable bonds is 2. The van der Waals surface area contributed by atoms with E-state index in [-0.39, 0.29) is 11.8 Å². The van der Waals surface area contributed by atoms with Crippen molar-refractivity contribution in [2.75, 3.05) is 18.6 Å². The highest BCUT2D eigenvalue weighted by atomic mass is 16.5. The van der Waals surface area contributed by atoms with Crippen LogP contribution in [-0.2, 0) is 4.79 Å². The van der Waals surface area contributed by atoms with Crippen molar-refractivity contribution in [1.82, 2.24) is 0 Å². The largest absolute Gasteiger partial charge is 0.492 e. The van der Waals surface area contributed by atoms with Gasteiger partial charge in [0, 0.05) is 12.6 Å². The standard InChI is InChI=1S/C17H14N2O2/c1-19(15-8-4-2-6-12(15)10-18)17(20)14-11-21-16-9-5-3-7-13(14)16/h2-9,14H,11H2,1H3. The SMILES string of the molecule is CN(C(=O)C1COc2ccccc21)c1ccccc1C#N. The number of anilines is 1. The Morgan fingerprint density at radius 3 is 2.76 bits per heavy atom. The van der Waals surface area contributed by atoms with Crippen LogP contribution in [0.15, 0.2) is 48.5 Å². The van der Waals surface area contributed by atoms with E-state index in [4.69, 9.17) is 10.00 Å². The number of nitrogens with zero attached hydrogens (tertiary/aromatic N) is 2. The fraction of sp³-hybridized carbons (Fsp3) is 0.176. The van der Waals surface area contributed by atoms with E-state index < -0.39 is 0 Å². The van der Waals surface area contributed by atoms with Crippen LogP contribution in [0.3, 0.4) is 0 Å². The van der Waals surface area contributed by atoms with Crippen LogP contribution in [-0.4, -0.2) is 19.6 Å². The summed E-state index contributed by atoms with van der Waals surface area (Å²) >= 11 is 0. The predicted octanol–water partition coefficient (Wildman–Crippen LogP) is 2.70. The lowest BCUT2D eigenvalue weighted by molar-refractivity contribution is -0.119. The number of ether oxygens (including phenoxy) is 1. The van der Waals surface area contributed by atoms with Gasteiger partial charge >= 0.3 is 0 Å². The lowest BCUT2D eigenvalue weighted by Gasteiger charge is -2.21. The van der Waals surface area contributed by atoms with Gasteiger partial charge in [-0.15, -0.1) is 0 Å². The van der Waals surface area contributed by atoms with Gasteiger partial charge in [0.25, 0.3) is 0 Å². The van der Waals surface area contributed by atoms with Gasteiger partial charge in [0.15, 0.2) is 0 Å². The zero-order valence-electron chi connectivity index (χ0n) is 11.6. The highest BCUT2D eigenvalue weighted by Gasteiger charge is 2.32. The first kappa shape index (κ1) is 13.2. The third kappa shape index (κ3) is 2.23. The average molecular weight is 278 g/mol. The van der Waals surface area contributed by atoms with Crippen LogP contribution in [0.1, 0.15) is 17.0 Å². The van der Waals surface area contributed by atoms with E-state index >= 15 is 0 Å². The van der Waals surface area contributed by atoms with Gasteiger partial charge in [-0.2, -0.15) is 5.26 Å². The van der Waals surface area contributed by atoms with Crippen LogP contribution >= 0.6 is 0 Å². The number of fused-ring (bicyclic) bond motifs is 1. The van der Waals surface area contributed by atoms with Crippen LogP contribution in [0, 0.1) is 11.3 Å². The van der Waals surface area contributed by atoms with Crippen molar-refractivity contribution in [3.05, 3.63) is 59.7 Å². The molecule has 104 valence electrons. The van der Waals surface area contributed by atoms with Gasteiger partial charge in [0.05, 0.1) is 11.3 Å². The van der Waals surface area contributed by atoms with Crippen molar-refractivity contribution in [1.29, 1.82) is 5.26 Å². The molecule has 1 aliphatic heterocycles. The molecule has 0 N–H and O–H groups in total. The van der Waals surface area contributed by atoms with Crippen molar-refractivity contribution < 1.29 is 9.53 Å². The Hall–Kier alpha value is -2.80. The minimum Gasteiger partial charge on any atom is -0.492 e. The van der Waals surface area contributed by atoms with Gasteiger partial charge in [0.1, 0.15) is 24.3 Å². The molecule has 0 saturated carbocycles. The van der Waals surface area contributed by atoms with Crippen molar-refractivity contribution in [3.63, 3.8) is 0 Å². The first-order valence-corrected chi connectivity index (χ1v) is 6.71. The second kappa shape index (κ2) is 5.29. The fourth-order valence-corrected chi connectivity index (χ4v) is 2.58. The average Bonchev–Trinajstić information content (AvgIpc) is 2.97. The lowest BCUT2D eigenvalue weighted by atomic mass is 9.99. The minimum absolute atomic E-state index is 0.0670. The fourth-order valence-electron chi connectivity index (χ4n) is 2.58. The topological polar surface area (TPSA) is 53.3 Å². The summed E-state index contributed by atoms with van der Waals surface area (Å²) in [5.41, 5.74) is 2.01. The Morgan fingerprint density at radius 2 is 1.95 bits per heavy atom. The van der Waals surface area contributed by atoms with Gasteiger partial charge in [0.2, 0.25) is 5.91 Å². The molecule has 0 saturated heterocycles. The Bertz CT molecular complexity index is 734. The molecule has 0 bridgehead atoms. The molecule has 1 atom stereocenters. The first-order valence-electron chi connectivity index (χ1n) is 6.71. The molecular weight excluding hydrogens is 264 g/mol. The second-order valence-electron chi connectivity index (χ2n) is 4.93. The maximum atomic E-state index is 12.7. The second-order valence-corrected chi connectivity index (χ2v) is 4.93. The Balaban J connectivity index is 1.92. The Labute approximate surface area is 123 Å². The van der Waals surface area contributed by atoms with E-state index in [0.717, 1.165) is 11.3 Å². The molecule has 2 aromatic rings. The monoisotopic (exact) mass is 278 g/mol. The molecule has 0 aliphatic carbocycles. The van der Waals surface area contributed by atoms with E-state index in [0.29, 0.717) is 17.9 Å². The summed E-state index contributed by atoms with van der Waals surface area (Å²) in [6.07, 6.45) is 0. The smallest absolute Gasteiger partial charge is 0.237 e. The molecule has 21 heavy (non-hydrogen) atoms. The highest BCUT2D eigenvalue weighted by Crippen LogP contribution is 2.35. The normalized spacial score (nSPS) is 15.7. The quantitative estimate of drug-likeness (QED) is 0.848. The zero-order valence-corrected chi connectivity index (χ0v) is 11.6. The first-order chi connectivity index (χ1) is 10.2. The van der Waals surface area contributed by atoms with E-state index in [1.165, 1.54) is 4.90 Å². The van der Waals surface area contributed by atoms with Gasteiger partial charge < -0.3 is 9.64 Å². The van der Waals surface area contributed by atoms with Crippen LogP contribution in [0.25, 0.3) is 0 Å². The minimum atomic E-state index is -0.321. The van der Waals surface area contributed by atoms with E-state index in [1.807, 2.05) is 30.3 Å². The molecule has 1 aliphatic rings. The van der Waals surface area contributed by atoms with E-state index in [1.54, 1.807) is 25.2 Å². The van der Waals surface area contributed by atoms with Gasteiger partial charge in [-0.05, 0) is 18.2 Å². The number of para-hydroxylation sites is 2. The van der Waals surface area contributed by atoms with Gasteiger partial charge in [-0.25, -0.2) is 0 Å². The summed E-state index contributed by atoms with van der Waals surface area (Å²) in [7, 11) is 1.69. The molecule has 0 fully saturated rings. The summed E-state index contributed by atoms with van der Waals surface area (Å²) in [5.74, 6) is 0.374. The maximum Gasteiger partial charge on any atom is 0.237 e. The number of amides is 1. The molecule has 0 aromatic heterocycles. The third-order valence-electron chi connectivity index (χ3n) is 3.71. The Kier molecular flexibility index (Phi) is 3.33. The molecular formula is C17H14N2O2. The highest BCUT2D eigenvalue weighted by molar-refractivity contribution is 5.99. The summed E-state index contributed by atoms with van der Waals surface area (Å²) < 4.78 is 5.56. The van der Waals surface area contributed by atoms with Crippen LogP contribution in [0.4, 0.5) is 5.69 Å². The number of hydrogen-bond acceptors (Lipinski definition) is 3. The van der Waals surface area contributed by atoms with Gasteiger partial charge in [-0.3, -0.25) is 4.79 Å². The molecule has 1 amide bonds. The molecule has 2 aromatic carbocycles. The maximum absolute atomic E-state index is 12.7. The number of nitriles is 1.